The summed E-state index contributed by atoms with van der Waals surface area (Å²) in [5, 5.41) is 3.28. The van der Waals surface area contributed by atoms with Crippen molar-refractivity contribution in [1.82, 2.24) is 4.98 Å². The van der Waals surface area contributed by atoms with Gasteiger partial charge in [-0.2, -0.15) is 0 Å². The number of nitrogens with two attached hydrogens (primary N) is 1. The molecular formula is C15H17N3OS. The van der Waals surface area contributed by atoms with E-state index in [0.29, 0.717) is 11.5 Å². The predicted octanol–water partition coefficient (Wildman–Crippen LogP) is 2.72. The second-order valence-electron chi connectivity index (χ2n) is 5.07. The van der Waals surface area contributed by atoms with Crippen molar-refractivity contribution in [3.63, 3.8) is 0 Å². The van der Waals surface area contributed by atoms with Gasteiger partial charge in [0.25, 0.3) is 0 Å². The van der Waals surface area contributed by atoms with Crippen LogP contribution in [0.4, 0.5) is 5.82 Å². The van der Waals surface area contributed by atoms with Gasteiger partial charge in [-0.15, -0.1) is 0 Å². The van der Waals surface area contributed by atoms with Crippen molar-refractivity contribution in [3.8, 4) is 0 Å². The summed E-state index contributed by atoms with van der Waals surface area (Å²) >= 11 is 5.13. The van der Waals surface area contributed by atoms with E-state index < -0.39 is 0 Å². The van der Waals surface area contributed by atoms with E-state index in [0.717, 1.165) is 47.9 Å². The SMILES string of the molecule is Cc1ccc(CNc2nc3c(cc2C(N)=S)CCC3)o1. The van der Waals surface area contributed by atoms with Gasteiger partial charge < -0.3 is 15.5 Å². The predicted molar refractivity (Wildman–Crippen MR) is 82.9 cm³/mol. The van der Waals surface area contributed by atoms with Gasteiger partial charge in [0, 0.05) is 5.69 Å². The van der Waals surface area contributed by atoms with E-state index in [-0.39, 0.29) is 0 Å². The molecule has 3 N–H and O–H groups in total. The van der Waals surface area contributed by atoms with E-state index >= 15 is 0 Å². The van der Waals surface area contributed by atoms with Gasteiger partial charge in [-0.25, -0.2) is 4.98 Å². The maximum Gasteiger partial charge on any atom is 0.136 e. The lowest BCUT2D eigenvalue weighted by atomic mass is 10.1. The van der Waals surface area contributed by atoms with Gasteiger partial charge in [-0.1, -0.05) is 12.2 Å². The molecule has 1 aliphatic rings. The third-order valence-corrected chi connectivity index (χ3v) is 3.76. The first kappa shape index (κ1) is 13.1. The number of aryl methyl sites for hydroxylation is 3. The lowest BCUT2D eigenvalue weighted by Gasteiger charge is -2.12. The Kier molecular flexibility index (Phi) is 3.44. The molecule has 20 heavy (non-hydrogen) atoms. The molecule has 2 heterocycles. The Morgan fingerprint density at radius 3 is 3.00 bits per heavy atom. The first-order valence-corrected chi connectivity index (χ1v) is 7.16. The number of hydrogen-bond donors (Lipinski definition) is 2. The zero-order valence-corrected chi connectivity index (χ0v) is 12.2. The molecule has 4 nitrogen and oxygen atoms in total. The highest BCUT2D eigenvalue weighted by Crippen LogP contribution is 2.25. The summed E-state index contributed by atoms with van der Waals surface area (Å²) in [5.74, 6) is 2.53. The van der Waals surface area contributed by atoms with Gasteiger partial charge in [0.1, 0.15) is 22.3 Å². The summed E-state index contributed by atoms with van der Waals surface area (Å²) in [4.78, 5) is 5.06. The standard InChI is InChI=1S/C15H17N3OS/c1-9-5-6-11(19-9)8-17-15-12(14(16)20)7-10-3-2-4-13(10)18-15/h5-7H,2-4,8H2,1H3,(H2,16,20)(H,17,18). The van der Waals surface area contributed by atoms with E-state index in [9.17, 15) is 0 Å². The first-order chi connectivity index (χ1) is 9.63. The third-order valence-electron chi connectivity index (χ3n) is 3.54. The second-order valence-corrected chi connectivity index (χ2v) is 5.51. The van der Waals surface area contributed by atoms with Gasteiger partial charge in [0.15, 0.2) is 0 Å². The van der Waals surface area contributed by atoms with Gasteiger partial charge >= 0.3 is 0 Å². The highest BCUT2D eigenvalue weighted by atomic mass is 32.1. The molecule has 5 heteroatoms. The molecule has 0 unspecified atom stereocenters. The molecule has 0 fully saturated rings. The first-order valence-electron chi connectivity index (χ1n) is 6.75. The molecule has 0 radical (unpaired) electrons. The molecule has 0 atom stereocenters. The van der Waals surface area contributed by atoms with Crippen LogP contribution in [-0.2, 0) is 19.4 Å². The number of nitrogens with one attached hydrogen (secondary N) is 1. The lowest BCUT2D eigenvalue weighted by molar-refractivity contribution is 0.490. The van der Waals surface area contributed by atoms with Gasteiger partial charge in [0.2, 0.25) is 0 Å². The van der Waals surface area contributed by atoms with Crippen molar-refractivity contribution in [2.75, 3.05) is 5.32 Å². The van der Waals surface area contributed by atoms with Crippen LogP contribution in [0.1, 0.15) is 34.8 Å². The van der Waals surface area contributed by atoms with Gasteiger partial charge in [-0.05, 0) is 49.9 Å². The fourth-order valence-electron chi connectivity index (χ4n) is 2.55. The molecule has 3 rings (SSSR count). The Bertz CT molecular complexity index is 663. The number of pyridine rings is 1. The minimum absolute atomic E-state index is 0.380. The number of anilines is 1. The number of nitrogens with zero attached hydrogens (tertiary/aromatic N) is 1. The number of rotatable bonds is 4. The van der Waals surface area contributed by atoms with E-state index in [1.165, 1.54) is 5.56 Å². The van der Waals surface area contributed by atoms with Crippen LogP contribution in [0.2, 0.25) is 0 Å². The summed E-state index contributed by atoms with van der Waals surface area (Å²) in [6, 6.07) is 5.98. The molecule has 0 aliphatic heterocycles. The minimum atomic E-state index is 0.380. The van der Waals surface area contributed by atoms with Crippen molar-refractivity contribution < 1.29 is 4.42 Å². The Labute approximate surface area is 123 Å². The Balaban J connectivity index is 1.86. The summed E-state index contributed by atoms with van der Waals surface area (Å²) in [5.41, 5.74) is 9.06. The zero-order valence-electron chi connectivity index (χ0n) is 11.4. The number of thiocarbonyl (C=S) groups is 1. The number of fused-ring (bicyclic) bond motifs is 1. The van der Waals surface area contributed by atoms with Crippen molar-refractivity contribution >= 4 is 23.0 Å². The third kappa shape index (κ3) is 2.54. The largest absolute Gasteiger partial charge is 0.465 e. The number of aromatic nitrogens is 1. The molecule has 0 amide bonds. The molecule has 0 bridgehead atoms. The molecule has 0 aromatic carbocycles. The highest BCUT2D eigenvalue weighted by molar-refractivity contribution is 7.80. The number of furan rings is 1. The maximum absolute atomic E-state index is 5.81. The molecule has 0 spiro atoms. The molecule has 1 aliphatic carbocycles. The Morgan fingerprint density at radius 1 is 1.45 bits per heavy atom. The number of hydrogen-bond acceptors (Lipinski definition) is 4. The van der Waals surface area contributed by atoms with E-state index in [1.807, 2.05) is 19.1 Å². The zero-order chi connectivity index (χ0) is 14.1. The van der Waals surface area contributed by atoms with E-state index in [2.05, 4.69) is 16.4 Å². The van der Waals surface area contributed by atoms with Crippen LogP contribution in [0.25, 0.3) is 0 Å². The normalized spacial score (nSPS) is 13.2. The van der Waals surface area contributed by atoms with Crippen LogP contribution in [-0.4, -0.2) is 9.97 Å². The molecule has 104 valence electrons. The topological polar surface area (TPSA) is 64.1 Å². The van der Waals surface area contributed by atoms with E-state index in [4.69, 9.17) is 22.4 Å². The van der Waals surface area contributed by atoms with Crippen LogP contribution >= 0.6 is 12.2 Å². The van der Waals surface area contributed by atoms with Crippen LogP contribution in [0, 0.1) is 6.92 Å². The minimum Gasteiger partial charge on any atom is -0.465 e. The van der Waals surface area contributed by atoms with Gasteiger partial charge in [0.05, 0.1) is 12.1 Å². The van der Waals surface area contributed by atoms with E-state index in [1.54, 1.807) is 0 Å². The van der Waals surface area contributed by atoms with Gasteiger partial charge in [-0.3, -0.25) is 0 Å². The fourth-order valence-corrected chi connectivity index (χ4v) is 2.70. The average molecular weight is 287 g/mol. The maximum atomic E-state index is 5.81. The van der Waals surface area contributed by atoms with Crippen LogP contribution < -0.4 is 11.1 Å². The molecule has 2 aromatic heterocycles. The fraction of sp³-hybridized carbons (Fsp3) is 0.333. The molecular weight excluding hydrogens is 270 g/mol. The van der Waals surface area contributed by atoms with Crippen molar-refractivity contribution in [3.05, 3.63) is 46.5 Å². The Morgan fingerprint density at radius 2 is 2.30 bits per heavy atom. The average Bonchev–Trinajstić information content (AvgIpc) is 3.03. The summed E-state index contributed by atoms with van der Waals surface area (Å²) in [6.45, 7) is 2.51. The lowest BCUT2D eigenvalue weighted by Crippen LogP contribution is -2.15. The summed E-state index contributed by atoms with van der Waals surface area (Å²) < 4.78 is 5.54. The van der Waals surface area contributed by atoms with Crippen LogP contribution in [0.15, 0.2) is 22.6 Å². The highest BCUT2D eigenvalue weighted by Gasteiger charge is 2.17. The molecule has 0 saturated carbocycles. The van der Waals surface area contributed by atoms with Crippen molar-refractivity contribution in [2.24, 2.45) is 5.73 Å². The quantitative estimate of drug-likeness (QED) is 0.847. The van der Waals surface area contributed by atoms with Crippen molar-refractivity contribution in [2.45, 2.75) is 32.7 Å². The summed E-state index contributed by atoms with van der Waals surface area (Å²) in [7, 11) is 0. The molecule has 2 aromatic rings. The monoisotopic (exact) mass is 287 g/mol. The van der Waals surface area contributed by atoms with Crippen molar-refractivity contribution in [1.29, 1.82) is 0 Å². The second kappa shape index (κ2) is 5.25. The summed E-state index contributed by atoms with van der Waals surface area (Å²) in [6.07, 6.45) is 3.25. The van der Waals surface area contributed by atoms with Crippen LogP contribution in [0.3, 0.4) is 0 Å². The Hall–Kier alpha value is -1.88. The molecule has 0 saturated heterocycles. The van der Waals surface area contributed by atoms with Crippen LogP contribution in [0.5, 0.6) is 0 Å². The smallest absolute Gasteiger partial charge is 0.136 e.